The summed E-state index contributed by atoms with van der Waals surface area (Å²) in [6.45, 7) is 0. The zero-order chi connectivity index (χ0) is 25.2. The number of nitrogens with one attached hydrogen (secondary N) is 1. The van der Waals surface area contributed by atoms with Crippen LogP contribution in [0.4, 0.5) is 39.5 Å². The van der Waals surface area contributed by atoms with Crippen molar-refractivity contribution in [3.05, 3.63) is 70.3 Å². The highest BCUT2D eigenvalue weighted by Crippen LogP contribution is 2.36. The highest BCUT2D eigenvalue weighted by atomic mass is 19.4. The summed E-state index contributed by atoms with van der Waals surface area (Å²) < 4.78 is 120. The average molecular weight is 487 g/mol. The first-order valence-corrected chi connectivity index (χ1v) is 8.86. The predicted octanol–water partition coefficient (Wildman–Crippen LogP) is 5.26. The molecule has 0 radical (unpaired) electrons. The maximum absolute atomic E-state index is 13.0. The fourth-order valence-electron chi connectivity index (χ4n) is 2.73. The summed E-state index contributed by atoms with van der Waals surface area (Å²) in [4.78, 5) is 24.4. The number of amides is 1. The van der Waals surface area contributed by atoms with Gasteiger partial charge >= 0.3 is 24.5 Å². The van der Waals surface area contributed by atoms with E-state index in [-0.39, 0.29) is 23.8 Å². The van der Waals surface area contributed by atoms with E-state index in [1.165, 1.54) is 0 Å². The number of methoxy groups -OCH3 is 1. The third-order valence-electron chi connectivity index (χ3n) is 4.36. The second-order valence-corrected chi connectivity index (χ2v) is 6.74. The van der Waals surface area contributed by atoms with Gasteiger partial charge in [-0.25, -0.2) is 4.79 Å². The zero-order valence-electron chi connectivity index (χ0n) is 16.5. The van der Waals surface area contributed by atoms with Gasteiger partial charge in [-0.05, 0) is 35.9 Å². The summed E-state index contributed by atoms with van der Waals surface area (Å²) in [5.74, 6) is -2.57. The highest BCUT2D eigenvalue weighted by Gasteiger charge is 2.38. The van der Waals surface area contributed by atoms with Crippen molar-refractivity contribution in [2.45, 2.75) is 31.0 Å². The zero-order valence-corrected chi connectivity index (χ0v) is 16.5. The van der Waals surface area contributed by atoms with Crippen molar-refractivity contribution in [1.29, 1.82) is 0 Å². The summed E-state index contributed by atoms with van der Waals surface area (Å²) in [7, 11) is 0.903. The lowest BCUT2D eigenvalue weighted by atomic mass is 10.0. The number of rotatable bonds is 5. The Morgan fingerprint density at radius 1 is 0.788 bits per heavy atom. The van der Waals surface area contributed by atoms with Crippen LogP contribution in [0.2, 0.25) is 0 Å². The molecule has 4 nitrogen and oxygen atoms in total. The lowest BCUT2D eigenvalue weighted by molar-refractivity contribution is -0.144. The number of hydrogen-bond donors (Lipinski definition) is 1. The minimum absolute atomic E-state index is 0.110. The van der Waals surface area contributed by atoms with Crippen LogP contribution in [0.5, 0.6) is 0 Å². The number of esters is 1. The van der Waals surface area contributed by atoms with Crippen LogP contribution in [0.3, 0.4) is 0 Å². The number of halogens is 9. The van der Waals surface area contributed by atoms with Gasteiger partial charge in [0.2, 0.25) is 0 Å². The molecule has 0 aromatic heterocycles. The number of alkyl halides is 9. The van der Waals surface area contributed by atoms with E-state index in [0.29, 0.717) is 12.1 Å². The molecule has 2 aromatic carbocycles. The van der Waals surface area contributed by atoms with Crippen LogP contribution in [0.15, 0.2) is 42.5 Å². The molecular formula is C20H14F9NO3. The standard InChI is InChI=1S/C20H14F9NO3/c1-33-17(32)15(6-10-2-4-12(5-3-10)18(21,22)23)30-16(31)11-7-13(19(24,25)26)9-14(8-11)20(27,28)29/h2-5,7-9,15H,6H2,1H3,(H,30,31)/t15-/m1/s1. The smallest absolute Gasteiger partial charge is 0.416 e. The van der Waals surface area contributed by atoms with Crippen LogP contribution >= 0.6 is 0 Å². The predicted molar refractivity (Wildman–Crippen MR) is 94.9 cm³/mol. The average Bonchev–Trinajstić information content (AvgIpc) is 2.70. The van der Waals surface area contributed by atoms with Crippen molar-refractivity contribution in [2.75, 3.05) is 7.11 Å². The molecule has 0 fully saturated rings. The summed E-state index contributed by atoms with van der Waals surface area (Å²) in [5, 5.41) is 1.96. The maximum Gasteiger partial charge on any atom is 0.416 e. The van der Waals surface area contributed by atoms with Crippen molar-refractivity contribution in [1.82, 2.24) is 5.32 Å². The van der Waals surface area contributed by atoms with E-state index in [4.69, 9.17) is 0 Å². The Kier molecular flexibility index (Phi) is 7.34. The van der Waals surface area contributed by atoms with Crippen LogP contribution in [-0.2, 0) is 34.5 Å². The van der Waals surface area contributed by atoms with Gasteiger partial charge in [0.15, 0.2) is 0 Å². The third kappa shape index (κ3) is 6.86. The van der Waals surface area contributed by atoms with Crippen molar-refractivity contribution in [3.63, 3.8) is 0 Å². The topological polar surface area (TPSA) is 55.4 Å². The molecule has 180 valence electrons. The molecule has 2 rings (SSSR count). The van der Waals surface area contributed by atoms with E-state index < -0.39 is 65.1 Å². The van der Waals surface area contributed by atoms with Gasteiger partial charge in [-0.15, -0.1) is 0 Å². The molecular weight excluding hydrogens is 473 g/mol. The van der Waals surface area contributed by atoms with E-state index in [0.717, 1.165) is 19.2 Å². The van der Waals surface area contributed by atoms with E-state index >= 15 is 0 Å². The molecule has 13 heteroatoms. The van der Waals surface area contributed by atoms with Gasteiger partial charge in [0, 0.05) is 12.0 Å². The number of benzene rings is 2. The molecule has 0 aliphatic carbocycles. The Morgan fingerprint density at radius 3 is 1.64 bits per heavy atom. The van der Waals surface area contributed by atoms with Crippen molar-refractivity contribution >= 4 is 11.9 Å². The van der Waals surface area contributed by atoms with Gasteiger partial charge in [-0.3, -0.25) is 4.79 Å². The van der Waals surface area contributed by atoms with Crippen LogP contribution in [-0.4, -0.2) is 25.0 Å². The fraction of sp³-hybridized carbons (Fsp3) is 0.300. The number of ether oxygens (including phenoxy) is 1. The quantitative estimate of drug-likeness (QED) is 0.463. The van der Waals surface area contributed by atoms with Crippen molar-refractivity contribution in [2.24, 2.45) is 0 Å². The van der Waals surface area contributed by atoms with E-state index in [1.807, 2.05) is 5.32 Å². The maximum atomic E-state index is 13.0. The summed E-state index contributed by atoms with van der Waals surface area (Å²) in [6, 6.07) is 1.98. The minimum Gasteiger partial charge on any atom is -0.467 e. The Hall–Kier alpha value is -3.25. The Balaban J connectivity index is 2.34. The SMILES string of the molecule is COC(=O)[C@@H](Cc1ccc(C(F)(F)F)cc1)NC(=O)c1cc(C(F)(F)F)cc(C(F)(F)F)c1. The second kappa shape index (κ2) is 9.32. The molecule has 0 saturated carbocycles. The first kappa shape index (κ1) is 26.0. The molecule has 0 bridgehead atoms. The van der Waals surface area contributed by atoms with Gasteiger partial charge in [0.05, 0.1) is 23.8 Å². The molecule has 1 N–H and O–H groups in total. The van der Waals surface area contributed by atoms with Gasteiger partial charge in [0.25, 0.3) is 5.91 Å². The molecule has 0 aliphatic rings. The molecule has 0 aliphatic heterocycles. The van der Waals surface area contributed by atoms with E-state index in [1.54, 1.807) is 0 Å². The Bertz CT molecular complexity index is 977. The van der Waals surface area contributed by atoms with Crippen LogP contribution < -0.4 is 5.32 Å². The molecule has 33 heavy (non-hydrogen) atoms. The monoisotopic (exact) mass is 487 g/mol. The third-order valence-corrected chi connectivity index (χ3v) is 4.36. The van der Waals surface area contributed by atoms with Gasteiger partial charge in [-0.1, -0.05) is 12.1 Å². The molecule has 0 heterocycles. The highest BCUT2D eigenvalue weighted by molar-refractivity contribution is 5.97. The minimum atomic E-state index is -5.20. The van der Waals surface area contributed by atoms with Gasteiger partial charge in [-0.2, -0.15) is 39.5 Å². The van der Waals surface area contributed by atoms with Gasteiger partial charge < -0.3 is 10.1 Å². The van der Waals surface area contributed by atoms with Gasteiger partial charge in [0.1, 0.15) is 6.04 Å². The molecule has 2 aromatic rings. The van der Waals surface area contributed by atoms with Crippen LogP contribution in [0.25, 0.3) is 0 Å². The molecule has 0 spiro atoms. The first-order chi connectivity index (χ1) is 15.0. The van der Waals surface area contributed by atoms with Crippen molar-refractivity contribution in [3.8, 4) is 0 Å². The van der Waals surface area contributed by atoms with Crippen LogP contribution in [0, 0.1) is 0 Å². The molecule has 0 unspecified atom stereocenters. The molecule has 0 saturated heterocycles. The number of hydrogen-bond acceptors (Lipinski definition) is 3. The summed E-state index contributed by atoms with van der Waals surface area (Å²) in [6.07, 6.45) is -15.5. The largest absolute Gasteiger partial charge is 0.467 e. The lowest BCUT2D eigenvalue weighted by Crippen LogP contribution is -2.43. The normalized spacial score (nSPS) is 13.4. The lowest BCUT2D eigenvalue weighted by Gasteiger charge is -2.18. The number of carbonyl (C=O) groups excluding carboxylic acids is 2. The van der Waals surface area contributed by atoms with E-state index in [2.05, 4.69) is 4.74 Å². The second-order valence-electron chi connectivity index (χ2n) is 6.74. The fourth-order valence-corrected chi connectivity index (χ4v) is 2.73. The van der Waals surface area contributed by atoms with Crippen LogP contribution in [0.1, 0.15) is 32.6 Å². The van der Waals surface area contributed by atoms with Crippen molar-refractivity contribution < 1.29 is 53.8 Å². The number of carbonyl (C=O) groups is 2. The first-order valence-electron chi connectivity index (χ1n) is 8.86. The Morgan fingerprint density at radius 2 is 1.24 bits per heavy atom. The summed E-state index contributed by atoms with van der Waals surface area (Å²) >= 11 is 0. The van der Waals surface area contributed by atoms with E-state index in [9.17, 15) is 49.1 Å². The molecule has 1 atom stereocenters. The Labute approximate surface area is 180 Å². The summed E-state index contributed by atoms with van der Waals surface area (Å²) in [5.41, 5.74) is -5.38. The molecule has 1 amide bonds.